The molecule has 8 heteroatoms. The van der Waals surface area contributed by atoms with Gasteiger partial charge in [-0.3, -0.25) is 0 Å². The van der Waals surface area contributed by atoms with Crippen LogP contribution in [0.5, 0.6) is 5.75 Å². The molecule has 0 radical (unpaired) electrons. The van der Waals surface area contributed by atoms with Gasteiger partial charge < -0.3 is 14.7 Å². The van der Waals surface area contributed by atoms with Crippen molar-refractivity contribution in [2.24, 2.45) is 0 Å². The number of carbonyl (C=O) groups is 1. The smallest absolute Gasteiger partial charge is 0.339 e. The van der Waals surface area contributed by atoms with Crippen molar-refractivity contribution in [3.8, 4) is 5.75 Å². The molecular weight excluding hydrogens is 470 g/mol. The molecule has 1 N–H and O–H groups in total. The molecule has 1 aromatic heterocycles. The summed E-state index contributed by atoms with van der Waals surface area (Å²) in [7, 11) is 0. The minimum Gasteiger partial charge on any atom is -0.487 e. The molecular formula is C22H19BrClN3O3. The normalized spacial score (nSPS) is 15.9. The number of anilines is 1. The number of benzene rings is 2. The number of carboxylic acid groups (broad SMARTS) is 1. The van der Waals surface area contributed by atoms with Crippen LogP contribution >= 0.6 is 27.5 Å². The Morgan fingerprint density at radius 3 is 2.63 bits per heavy atom. The average Bonchev–Trinajstić information content (AvgIpc) is 3.23. The van der Waals surface area contributed by atoms with Gasteiger partial charge in [-0.2, -0.15) is 0 Å². The molecule has 1 fully saturated rings. The van der Waals surface area contributed by atoms with Gasteiger partial charge in [0.15, 0.2) is 0 Å². The number of hydrogen-bond donors (Lipinski definition) is 1. The zero-order chi connectivity index (χ0) is 21.1. The van der Waals surface area contributed by atoms with E-state index >= 15 is 0 Å². The van der Waals surface area contributed by atoms with Gasteiger partial charge >= 0.3 is 5.97 Å². The van der Waals surface area contributed by atoms with Gasteiger partial charge in [-0.1, -0.05) is 39.7 Å². The maximum Gasteiger partial charge on any atom is 0.339 e. The van der Waals surface area contributed by atoms with E-state index in [9.17, 15) is 9.90 Å². The van der Waals surface area contributed by atoms with Crippen molar-refractivity contribution in [1.29, 1.82) is 0 Å². The maximum absolute atomic E-state index is 11.7. The van der Waals surface area contributed by atoms with Crippen LogP contribution in [-0.4, -0.2) is 27.6 Å². The van der Waals surface area contributed by atoms with Crippen LogP contribution in [0.2, 0.25) is 5.02 Å². The Labute approximate surface area is 187 Å². The highest BCUT2D eigenvalue weighted by Gasteiger charge is 2.29. The van der Waals surface area contributed by atoms with Crippen molar-refractivity contribution < 1.29 is 14.6 Å². The van der Waals surface area contributed by atoms with Crippen molar-refractivity contribution >= 4 is 39.4 Å². The van der Waals surface area contributed by atoms with Crippen LogP contribution in [0.3, 0.4) is 0 Å². The lowest BCUT2D eigenvalue weighted by Crippen LogP contribution is -2.26. The number of carboxylic acids is 1. The molecule has 1 aliphatic heterocycles. The topological polar surface area (TPSA) is 75.5 Å². The van der Waals surface area contributed by atoms with Crippen molar-refractivity contribution in [2.45, 2.75) is 25.5 Å². The van der Waals surface area contributed by atoms with Crippen LogP contribution in [0.1, 0.15) is 40.5 Å². The van der Waals surface area contributed by atoms with Gasteiger partial charge in [0.1, 0.15) is 17.9 Å². The van der Waals surface area contributed by atoms with Gasteiger partial charge in [0, 0.05) is 22.2 Å². The highest BCUT2D eigenvalue weighted by atomic mass is 79.9. The molecule has 1 aliphatic rings. The Balaban J connectivity index is 1.60. The summed E-state index contributed by atoms with van der Waals surface area (Å²) < 4.78 is 6.77. The predicted octanol–water partition coefficient (Wildman–Crippen LogP) is 5.51. The summed E-state index contributed by atoms with van der Waals surface area (Å²) in [5.41, 5.74) is 1.55. The van der Waals surface area contributed by atoms with E-state index in [-0.39, 0.29) is 18.2 Å². The maximum atomic E-state index is 11.7. The van der Waals surface area contributed by atoms with Gasteiger partial charge in [-0.15, -0.1) is 0 Å². The van der Waals surface area contributed by atoms with E-state index in [1.54, 1.807) is 24.3 Å². The Hall–Kier alpha value is -2.64. The monoisotopic (exact) mass is 487 g/mol. The van der Waals surface area contributed by atoms with Gasteiger partial charge in [0.2, 0.25) is 5.95 Å². The summed E-state index contributed by atoms with van der Waals surface area (Å²) in [6.45, 7) is 0.834. The van der Waals surface area contributed by atoms with Crippen LogP contribution in [0.4, 0.5) is 5.95 Å². The molecule has 30 heavy (non-hydrogen) atoms. The van der Waals surface area contributed by atoms with Gasteiger partial charge in [-0.05, 0) is 54.8 Å². The zero-order valence-electron chi connectivity index (χ0n) is 16.0. The second-order valence-corrected chi connectivity index (χ2v) is 8.33. The SMILES string of the molecule is O=C(O)c1cnc(N2CCC[C@@H]2c2ccc(Br)cc2)nc1COc1ccc(Cl)cc1. The van der Waals surface area contributed by atoms with Crippen molar-refractivity contribution in [3.63, 3.8) is 0 Å². The third-order valence-electron chi connectivity index (χ3n) is 5.04. The molecule has 4 rings (SSSR count). The van der Waals surface area contributed by atoms with Crippen LogP contribution < -0.4 is 9.64 Å². The summed E-state index contributed by atoms with van der Waals surface area (Å²) >= 11 is 9.37. The van der Waals surface area contributed by atoms with E-state index in [4.69, 9.17) is 16.3 Å². The van der Waals surface area contributed by atoms with Crippen molar-refractivity contribution in [2.75, 3.05) is 11.4 Å². The number of halogens is 2. The van der Waals surface area contributed by atoms with E-state index in [1.807, 2.05) is 12.1 Å². The van der Waals surface area contributed by atoms with E-state index < -0.39 is 5.97 Å². The molecule has 2 heterocycles. The number of aromatic carboxylic acids is 1. The van der Waals surface area contributed by atoms with Crippen LogP contribution in [0, 0.1) is 0 Å². The summed E-state index contributed by atoms with van der Waals surface area (Å²) in [5, 5.41) is 10.1. The molecule has 1 atom stereocenters. The summed E-state index contributed by atoms with van der Waals surface area (Å²) in [6.07, 6.45) is 3.37. The first kappa shape index (κ1) is 20.6. The second kappa shape index (κ2) is 9.02. The van der Waals surface area contributed by atoms with E-state index in [2.05, 4.69) is 42.9 Å². The minimum absolute atomic E-state index is 0.0234. The predicted molar refractivity (Wildman–Crippen MR) is 118 cm³/mol. The largest absolute Gasteiger partial charge is 0.487 e. The molecule has 0 unspecified atom stereocenters. The number of rotatable bonds is 6. The van der Waals surface area contributed by atoms with Crippen molar-refractivity contribution in [3.05, 3.63) is 81.0 Å². The Kier molecular flexibility index (Phi) is 6.20. The first-order valence-electron chi connectivity index (χ1n) is 9.51. The standard InChI is InChI=1S/C22H19BrClN3O3/c23-15-5-3-14(4-6-15)20-2-1-11-27(20)22-25-12-18(21(28)29)19(26-22)13-30-17-9-7-16(24)8-10-17/h3-10,12,20H,1-2,11,13H2,(H,28,29)/t20-/m1/s1. The molecule has 1 saturated heterocycles. The third kappa shape index (κ3) is 4.57. The Morgan fingerprint density at radius 1 is 1.20 bits per heavy atom. The Morgan fingerprint density at radius 2 is 1.93 bits per heavy atom. The fourth-order valence-corrected chi connectivity index (χ4v) is 3.94. The van der Waals surface area contributed by atoms with E-state index in [0.29, 0.717) is 22.4 Å². The number of hydrogen-bond acceptors (Lipinski definition) is 5. The summed E-state index contributed by atoms with van der Waals surface area (Å²) in [6, 6.07) is 15.3. The quantitative estimate of drug-likeness (QED) is 0.493. The number of ether oxygens (including phenoxy) is 1. The fourth-order valence-electron chi connectivity index (χ4n) is 3.55. The summed E-state index contributed by atoms with van der Waals surface area (Å²) in [4.78, 5) is 22.7. The highest BCUT2D eigenvalue weighted by molar-refractivity contribution is 9.10. The van der Waals surface area contributed by atoms with Gasteiger partial charge in [0.05, 0.1) is 11.7 Å². The molecule has 0 spiro atoms. The Bertz CT molecular complexity index is 1040. The van der Waals surface area contributed by atoms with Crippen LogP contribution in [-0.2, 0) is 6.61 Å². The van der Waals surface area contributed by atoms with E-state index in [0.717, 1.165) is 23.9 Å². The molecule has 0 aliphatic carbocycles. The lowest BCUT2D eigenvalue weighted by atomic mass is 10.1. The summed E-state index contributed by atoms with van der Waals surface area (Å²) in [5.74, 6) is 0.0204. The second-order valence-electron chi connectivity index (χ2n) is 6.98. The number of aromatic nitrogens is 2. The molecule has 2 aromatic carbocycles. The third-order valence-corrected chi connectivity index (χ3v) is 5.82. The van der Waals surface area contributed by atoms with Crippen LogP contribution in [0.25, 0.3) is 0 Å². The first-order chi connectivity index (χ1) is 14.5. The molecule has 3 aromatic rings. The molecule has 154 valence electrons. The first-order valence-corrected chi connectivity index (χ1v) is 10.7. The highest BCUT2D eigenvalue weighted by Crippen LogP contribution is 2.35. The molecule has 6 nitrogen and oxygen atoms in total. The number of nitrogens with zero attached hydrogens (tertiary/aromatic N) is 3. The fraction of sp³-hybridized carbons (Fsp3) is 0.227. The van der Waals surface area contributed by atoms with Crippen LogP contribution in [0.15, 0.2) is 59.2 Å². The minimum atomic E-state index is -1.08. The lowest BCUT2D eigenvalue weighted by molar-refractivity contribution is 0.0692. The van der Waals surface area contributed by atoms with Gasteiger partial charge in [-0.25, -0.2) is 14.8 Å². The lowest BCUT2D eigenvalue weighted by Gasteiger charge is -2.25. The molecule has 0 amide bonds. The van der Waals surface area contributed by atoms with Crippen molar-refractivity contribution in [1.82, 2.24) is 9.97 Å². The molecule has 0 saturated carbocycles. The van der Waals surface area contributed by atoms with Gasteiger partial charge in [0.25, 0.3) is 0 Å². The average molecular weight is 489 g/mol. The zero-order valence-corrected chi connectivity index (χ0v) is 18.3. The molecule has 0 bridgehead atoms. The van der Waals surface area contributed by atoms with E-state index in [1.165, 1.54) is 11.8 Å².